The average Bonchev–Trinajstić information content (AvgIpc) is 2.70. The first-order valence-electron chi connectivity index (χ1n) is 10.3. The highest BCUT2D eigenvalue weighted by atomic mass is 35.5. The summed E-state index contributed by atoms with van der Waals surface area (Å²) in [5, 5.41) is 3.70. The van der Waals surface area contributed by atoms with Gasteiger partial charge >= 0.3 is 0 Å². The van der Waals surface area contributed by atoms with E-state index in [-0.39, 0.29) is 17.9 Å². The fourth-order valence-electron chi connectivity index (χ4n) is 3.93. The van der Waals surface area contributed by atoms with Crippen molar-refractivity contribution >= 4 is 23.4 Å². The molecule has 1 atom stereocenters. The molecule has 2 aliphatic rings. The second-order valence-electron chi connectivity index (χ2n) is 7.80. The first-order chi connectivity index (χ1) is 13.5. The third-order valence-electron chi connectivity index (χ3n) is 5.65. The van der Waals surface area contributed by atoms with Crippen molar-refractivity contribution in [3.8, 4) is 0 Å². The first-order valence-corrected chi connectivity index (χ1v) is 10.7. The summed E-state index contributed by atoms with van der Waals surface area (Å²) in [7, 11) is 0. The summed E-state index contributed by atoms with van der Waals surface area (Å²) in [5.74, 6) is 0.254. The molecule has 3 rings (SSSR count). The zero-order valence-corrected chi connectivity index (χ0v) is 17.5. The quantitative estimate of drug-likeness (QED) is 0.786. The molecular weight excluding hydrogens is 376 g/mol. The van der Waals surface area contributed by atoms with Crippen molar-refractivity contribution in [2.75, 3.05) is 52.4 Å². The Morgan fingerprint density at radius 3 is 2.21 bits per heavy atom. The molecule has 2 fully saturated rings. The Balaban J connectivity index is 1.38. The maximum Gasteiger partial charge on any atom is 0.236 e. The number of piperazine rings is 1. The van der Waals surface area contributed by atoms with Gasteiger partial charge in [-0.25, -0.2) is 0 Å². The van der Waals surface area contributed by atoms with Crippen molar-refractivity contribution < 1.29 is 9.59 Å². The Kier molecular flexibility index (Phi) is 7.71. The summed E-state index contributed by atoms with van der Waals surface area (Å²) in [6.45, 7) is 7.91. The molecule has 2 heterocycles. The van der Waals surface area contributed by atoms with E-state index in [0.29, 0.717) is 18.1 Å². The van der Waals surface area contributed by atoms with Crippen LogP contribution in [0.15, 0.2) is 24.3 Å². The molecule has 154 valence electrons. The fourth-order valence-corrected chi connectivity index (χ4v) is 4.23. The van der Waals surface area contributed by atoms with E-state index in [1.54, 1.807) is 0 Å². The van der Waals surface area contributed by atoms with Crippen molar-refractivity contribution in [3.05, 3.63) is 34.9 Å². The zero-order chi connectivity index (χ0) is 19.9. The monoisotopic (exact) mass is 406 g/mol. The van der Waals surface area contributed by atoms with Gasteiger partial charge in [0.25, 0.3) is 0 Å². The molecule has 0 saturated carbocycles. The molecule has 7 heteroatoms. The third kappa shape index (κ3) is 5.93. The van der Waals surface area contributed by atoms with Gasteiger partial charge in [0.05, 0.1) is 19.1 Å². The van der Waals surface area contributed by atoms with E-state index in [0.717, 1.165) is 57.7 Å². The molecule has 1 aromatic rings. The van der Waals surface area contributed by atoms with Gasteiger partial charge in [-0.3, -0.25) is 19.4 Å². The number of nitrogens with one attached hydrogen (secondary N) is 1. The topological polar surface area (TPSA) is 55.9 Å². The van der Waals surface area contributed by atoms with Gasteiger partial charge < -0.3 is 10.2 Å². The maximum atomic E-state index is 12.4. The van der Waals surface area contributed by atoms with Gasteiger partial charge in [-0.1, -0.05) is 29.8 Å². The Labute approximate surface area is 172 Å². The molecule has 28 heavy (non-hydrogen) atoms. The average molecular weight is 407 g/mol. The predicted molar refractivity (Wildman–Crippen MR) is 111 cm³/mol. The number of carbonyl (C=O) groups is 2. The lowest BCUT2D eigenvalue weighted by atomic mass is 10.1. The van der Waals surface area contributed by atoms with Crippen LogP contribution in [0.25, 0.3) is 0 Å². The standard InChI is InChI=1S/C21H31ClN4O2/c1-17(18-7-3-4-8-19(18)22)23-20(27)15-24-11-13-25(14-12-24)16-21(28)26-9-5-2-6-10-26/h3-4,7-8,17H,2,5-6,9-16H2,1H3,(H,23,27). The highest BCUT2D eigenvalue weighted by molar-refractivity contribution is 6.31. The second kappa shape index (κ2) is 10.2. The smallest absolute Gasteiger partial charge is 0.236 e. The molecule has 1 unspecified atom stereocenters. The minimum Gasteiger partial charge on any atom is -0.348 e. The number of amides is 2. The first kappa shape index (κ1) is 21.1. The van der Waals surface area contributed by atoms with Crippen LogP contribution < -0.4 is 5.32 Å². The number of hydrogen-bond acceptors (Lipinski definition) is 4. The van der Waals surface area contributed by atoms with Crippen LogP contribution in [-0.4, -0.2) is 78.9 Å². The summed E-state index contributed by atoms with van der Waals surface area (Å²) >= 11 is 6.21. The van der Waals surface area contributed by atoms with E-state index in [2.05, 4.69) is 15.1 Å². The van der Waals surface area contributed by atoms with Crippen molar-refractivity contribution in [2.45, 2.75) is 32.2 Å². The summed E-state index contributed by atoms with van der Waals surface area (Å²) in [6, 6.07) is 7.46. The largest absolute Gasteiger partial charge is 0.348 e. The predicted octanol–water partition coefficient (Wildman–Crippen LogP) is 2.15. The van der Waals surface area contributed by atoms with Crippen LogP contribution in [0.5, 0.6) is 0 Å². The molecule has 1 aromatic carbocycles. The molecule has 0 aromatic heterocycles. The van der Waals surface area contributed by atoms with Crippen LogP contribution in [0.1, 0.15) is 37.8 Å². The van der Waals surface area contributed by atoms with E-state index in [1.807, 2.05) is 36.1 Å². The normalized spacial score (nSPS) is 20.0. The Morgan fingerprint density at radius 1 is 0.964 bits per heavy atom. The molecule has 0 spiro atoms. The number of benzene rings is 1. The van der Waals surface area contributed by atoms with Crippen molar-refractivity contribution in [1.29, 1.82) is 0 Å². The number of halogens is 1. The maximum absolute atomic E-state index is 12.4. The van der Waals surface area contributed by atoms with E-state index >= 15 is 0 Å². The van der Waals surface area contributed by atoms with Crippen LogP contribution in [0.2, 0.25) is 5.02 Å². The third-order valence-corrected chi connectivity index (χ3v) is 5.99. The minimum absolute atomic E-state index is 0.00487. The van der Waals surface area contributed by atoms with Gasteiger partial charge in [0, 0.05) is 44.3 Å². The van der Waals surface area contributed by atoms with E-state index < -0.39 is 0 Å². The van der Waals surface area contributed by atoms with Crippen molar-refractivity contribution in [1.82, 2.24) is 20.0 Å². The number of hydrogen-bond donors (Lipinski definition) is 1. The minimum atomic E-state index is -0.121. The molecule has 0 bridgehead atoms. The van der Waals surface area contributed by atoms with Crippen molar-refractivity contribution in [2.24, 2.45) is 0 Å². The van der Waals surface area contributed by atoms with Gasteiger partial charge in [-0.15, -0.1) is 0 Å². The SMILES string of the molecule is CC(NC(=O)CN1CCN(CC(=O)N2CCCCC2)CC1)c1ccccc1Cl. The number of likely N-dealkylation sites (tertiary alicyclic amines) is 1. The lowest BCUT2D eigenvalue weighted by Crippen LogP contribution is -2.52. The van der Waals surface area contributed by atoms with Gasteiger partial charge in [-0.2, -0.15) is 0 Å². The number of carbonyl (C=O) groups excluding carboxylic acids is 2. The lowest BCUT2D eigenvalue weighted by Gasteiger charge is -2.35. The molecule has 1 N–H and O–H groups in total. The van der Waals surface area contributed by atoms with E-state index in [1.165, 1.54) is 6.42 Å². The number of rotatable bonds is 6. The molecule has 0 aliphatic carbocycles. The van der Waals surface area contributed by atoms with Gasteiger partial charge in [0.15, 0.2) is 0 Å². The van der Waals surface area contributed by atoms with Crippen LogP contribution in [0, 0.1) is 0 Å². The van der Waals surface area contributed by atoms with Crippen LogP contribution in [-0.2, 0) is 9.59 Å². The highest BCUT2D eigenvalue weighted by Gasteiger charge is 2.24. The van der Waals surface area contributed by atoms with Gasteiger partial charge in [-0.05, 0) is 37.8 Å². The molecule has 6 nitrogen and oxygen atoms in total. The molecule has 2 saturated heterocycles. The van der Waals surface area contributed by atoms with Gasteiger partial charge in [0.2, 0.25) is 11.8 Å². The fraction of sp³-hybridized carbons (Fsp3) is 0.619. The Bertz CT molecular complexity index is 670. The van der Waals surface area contributed by atoms with Crippen LogP contribution >= 0.6 is 11.6 Å². The molecule has 0 radical (unpaired) electrons. The second-order valence-corrected chi connectivity index (χ2v) is 8.21. The zero-order valence-electron chi connectivity index (χ0n) is 16.7. The molecular formula is C21H31ClN4O2. The number of piperidine rings is 1. The van der Waals surface area contributed by atoms with Crippen LogP contribution in [0.3, 0.4) is 0 Å². The number of nitrogens with zero attached hydrogens (tertiary/aromatic N) is 3. The lowest BCUT2D eigenvalue weighted by molar-refractivity contribution is -0.134. The summed E-state index contributed by atoms with van der Waals surface area (Å²) < 4.78 is 0. The summed E-state index contributed by atoms with van der Waals surface area (Å²) in [5.41, 5.74) is 0.929. The molecule has 2 aliphatic heterocycles. The summed E-state index contributed by atoms with van der Waals surface area (Å²) in [6.07, 6.45) is 3.49. The summed E-state index contributed by atoms with van der Waals surface area (Å²) in [4.78, 5) is 31.2. The Hall–Kier alpha value is -1.63. The van der Waals surface area contributed by atoms with Crippen molar-refractivity contribution in [3.63, 3.8) is 0 Å². The van der Waals surface area contributed by atoms with Gasteiger partial charge in [0.1, 0.15) is 0 Å². The van der Waals surface area contributed by atoms with E-state index in [9.17, 15) is 9.59 Å². The Morgan fingerprint density at radius 2 is 1.57 bits per heavy atom. The van der Waals surface area contributed by atoms with E-state index in [4.69, 9.17) is 11.6 Å². The van der Waals surface area contributed by atoms with Crippen LogP contribution in [0.4, 0.5) is 0 Å². The molecule has 2 amide bonds. The highest BCUT2D eigenvalue weighted by Crippen LogP contribution is 2.22.